The molecule has 1 atom stereocenters. The molecule has 0 fully saturated rings. The molecule has 1 unspecified atom stereocenters. The van der Waals surface area contributed by atoms with Crippen molar-refractivity contribution >= 4 is 39.1 Å². The molecular formula is C27H38ClN3O4S. The summed E-state index contributed by atoms with van der Waals surface area (Å²) in [5.74, 6) is -0.460. The van der Waals surface area contributed by atoms with Crippen LogP contribution in [0, 0.1) is 13.8 Å². The number of halogens is 1. The van der Waals surface area contributed by atoms with Gasteiger partial charge in [-0.2, -0.15) is 0 Å². The lowest BCUT2D eigenvalue weighted by Gasteiger charge is -2.32. The van der Waals surface area contributed by atoms with Gasteiger partial charge in [-0.25, -0.2) is 8.42 Å². The van der Waals surface area contributed by atoms with Crippen molar-refractivity contribution < 1.29 is 18.0 Å². The number of amides is 2. The summed E-state index contributed by atoms with van der Waals surface area (Å²) in [5, 5.41) is 3.38. The third-order valence-corrected chi connectivity index (χ3v) is 7.15. The van der Waals surface area contributed by atoms with Crippen molar-refractivity contribution in [3.63, 3.8) is 0 Å². The fraction of sp³-hybridized carbons (Fsp3) is 0.481. The Morgan fingerprint density at radius 2 is 1.67 bits per heavy atom. The van der Waals surface area contributed by atoms with Crippen LogP contribution in [0.1, 0.15) is 57.2 Å². The zero-order valence-corrected chi connectivity index (χ0v) is 23.8. The van der Waals surface area contributed by atoms with E-state index in [1.165, 1.54) is 4.31 Å². The van der Waals surface area contributed by atoms with Crippen molar-refractivity contribution in [1.29, 1.82) is 0 Å². The van der Waals surface area contributed by atoms with E-state index in [1.54, 1.807) is 30.0 Å². The molecule has 36 heavy (non-hydrogen) atoms. The highest BCUT2D eigenvalue weighted by molar-refractivity contribution is 7.92. The van der Waals surface area contributed by atoms with E-state index in [9.17, 15) is 18.0 Å². The maximum atomic E-state index is 13.4. The molecule has 0 aliphatic heterocycles. The van der Waals surface area contributed by atoms with Crippen LogP contribution in [-0.4, -0.2) is 49.5 Å². The minimum Gasteiger partial charge on any atom is -0.350 e. The summed E-state index contributed by atoms with van der Waals surface area (Å²) in [6.45, 7) is 11.6. The molecule has 0 aromatic heterocycles. The zero-order chi connectivity index (χ0) is 27.3. The number of aryl methyl sites for hydroxylation is 2. The van der Waals surface area contributed by atoms with Crippen LogP contribution in [-0.2, 0) is 26.2 Å². The van der Waals surface area contributed by atoms with Crippen LogP contribution in [0.25, 0.3) is 0 Å². The number of sulfonamides is 1. The third kappa shape index (κ3) is 8.82. The number of rotatable bonds is 10. The summed E-state index contributed by atoms with van der Waals surface area (Å²) in [4.78, 5) is 27.8. The van der Waals surface area contributed by atoms with Gasteiger partial charge in [0.1, 0.15) is 6.04 Å². The number of carbonyl (C=O) groups is 2. The molecule has 0 saturated heterocycles. The standard InChI is InChI=1S/C27H38ClN3O4S/c1-19-10-13-22(14-11-19)18-30(21(3)26(33)29-27(4,5)6)25(32)9-8-16-31(36(7,34)35)24-17-23(28)15-12-20(24)2/h10-15,17,21H,8-9,16,18H2,1-7H3,(H,29,33). The highest BCUT2D eigenvalue weighted by Crippen LogP contribution is 2.27. The van der Waals surface area contributed by atoms with Crippen LogP contribution in [0.4, 0.5) is 5.69 Å². The average molecular weight is 536 g/mol. The number of anilines is 1. The van der Waals surface area contributed by atoms with Gasteiger partial charge in [0, 0.05) is 30.1 Å². The van der Waals surface area contributed by atoms with Crippen LogP contribution >= 0.6 is 11.6 Å². The Hall–Kier alpha value is -2.58. The van der Waals surface area contributed by atoms with E-state index in [0.29, 0.717) is 10.7 Å². The van der Waals surface area contributed by atoms with Gasteiger partial charge in [0.05, 0.1) is 11.9 Å². The maximum absolute atomic E-state index is 13.4. The van der Waals surface area contributed by atoms with Gasteiger partial charge in [-0.3, -0.25) is 13.9 Å². The number of nitrogens with one attached hydrogen (secondary N) is 1. The first-order valence-corrected chi connectivity index (χ1v) is 14.2. The first-order chi connectivity index (χ1) is 16.6. The second-order valence-corrected chi connectivity index (χ2v) is 12.6. The minimum absolute atomic E-state index is 0.0879. The summed E-state index contributed by atoms with van der Waals surface area (Å²) in [6, 6.07) is 12.2. The molecule has 7 nitrogen and oxygen atoms in total. The van der Waals surface area contributed by atoms with Crippen LogP contribution in [0.3, 0.4) is 0 Å². The fourth-order valence-corrected chi connectivity index (χ4v) is 4.96. The van der Waals surface area contributed by atoms with Crippen LogP contribution in [0.2, 0.25) is 5.02 Å². The molecule has 0 radical (unpaired) electrons. The molecule has 0 saturated carbocycles. The lowest BCUT2D eigenvalue weighted by molar-refractivity contribution is -0.141. The third-order valence-electron chi connectivity index (χ3n) is 5.73. The first kappa shape index (κ1) is 29.6. The van der Waals surface area contributed by atoms with Gasteiger partial charge in [0.25, 0.3) is 0 Å². The quantitative estimate of drug-likeness (QED) is 0.472. The van der Waals surface area contributed by atoms with E-state index < -0.39 is 21.6 Å². The van der Waals surface area contributed by atoms with Crippen molar-refractivity contribution in [2.75, 3.05) is 17.1 Å². The Bertz CT molecular complexity index is 1170. The maximum Gasteiger partial charge on any atom is 0.242 e. The molecular weight excluding hydrogens is 498 g/mol. The number of hydrogen-bond acceptors (Lipinski definition) is 4. The predicted molar refractivity (Wildman–Crippen MR) is 147 cm³/mol. The van der Waals surface area contributed by atoms with E-state index in [2.05, 4.69) is 5.32 Å². The number of benzene rings is 2. The summed E-state index contributed by atoms with van der Waals surface area (Å²) < 4.78 is 26.4. The van der Waals surface area contributed by atoms with Crippen molar-refractivity contribution in [2.45, 2.75) is 72.5 Å². The van der Waals surface area contributed by atoms with E-state index in [1.807, 2.05) is 58.9 Å². The predicted octanol–water partition coefficient (Wildman–Crippen LogP) is 4.84. The first-order valence-electron chi connectivity index (χ1n) is 12.0. The normalized spacial score (nSPS) is 12.7. The molecule has 0 spiro atoms. The Morgan fingerprint density at radius 1 is 1.06 bits per heavy atom. The topological polar surface area (TPSA) is 86.8 Å². The Labute approximate surface area is 220 Å². The Balaban J connectivity index is 2.22. The number of nitrogens with zero attached hydrogens (tertiary/aromatic N) is 2. The second kappa shape index (κ2) is 12.1. The van der Waals surface area contributed by atoms with Crippen LogP contribution in [0.15, 0.2) is 42.5 Å². The largest absolute Gasteiger partial charge is 0.350 e. The highest BCUT2D eigenvalue weighted by atomic mass is 35.5. The average Bonchev–Trinajstić information content (AvgIpc) is 2.75. The highest BCUT2D eigenvalue weighted by Gasteiger charge is 2.28. The Morgan fingerprint density at radius 3 is 2.22 bits per heavy atom. The van der Waals surface area contributed by atoms with Gasteiger partial charge < -0.3 is 10.2 Å². The molecule has 2 rings (SSSR count). The molecule has 0 bridgehead atoms. The lowest BCUT2D eigenvalue weighted by atomic mass is 10.1. The SMILES string of the molecule is Cc1ccc(CN(C(=O)CCCN(c2cc(Cl)ccc2C)S(C)(=O)=O)C(C)C(=O)NC(C)(C)C)cc1. The molecule has 9 heteroatoms. The van der Waals surface area contributed by atoms with E-state index in [-0.39, 0.29) is 37.7 Å². The fourth-order valence-electron chi connectivity index (χ4n) is 3.78. The molecule has 0 aliphatic rings. The summed E-state index contributed by atoms with van der Waals surface area (Å²) in [6.07, 6.45) is 1.51. The van der Waals surface area contributed by atoms with Crippen molar-refractivity contribution in [2.24, 2.45) is 0 Å². The van der Waals surface area contributed by atoms with Crippen molar-refractivity contribution in [3.05, 3.63) is 64.2 Å². The summed E-state index contributed by atoms with van der Waals surface area (Å²) >= 11 is 6.11. The molecule has 1 N–H and O–H groups in total. The van der Waals surface area contributed by atoms with Crippen molar-refractivity contribution in [1.82, 2.24) is 10.2 Å². The van der Waals surface area contributed by atoms with Crippen molar-refractivity contribution in [3.8, 4) is 0 Å². The van der Waals surface area contributed by atoms with Gasteiger partial charge in [0.15, 0.2) is 0 Å². The van der Waals surface area contributed by atoms with Gasteiger partial charge in [0.2, 0.25) is 21.8 Å². The zero-order valence-electron chi connectivity index (χ0n) is 22.3. The van der Waals surface area contributed by atoms with Gasteiger partial charge >= 0.3 is 0 Å². The van der Waals surface area contributed by atoms with Crippen LogP contribution < -0.4 is 9.62 Å². The monoisotopic (exact) mass is 535 g/mol. The minimum atomic E-state index is -3.59. The molecule has 2 amide bonds. The van der Waals surface area contributed by atoms with E-state index in [0.717, 1.165) is 22.9 Å². The van der Waals surface area contributed by atoms with Crippen LogP contribution in [0.5, 0.6) is 0 Å². The van der Waals surface area contributed by atoms with Gasteiger partial charge in [-0.1, -0.05) is 47.5 Å². The summed E-state index contributed by atoms with van der Waals surface area (Å²) in [7, 11) is -3.59. The smallest absolute Gasteiger partial charge is 0.242 e. The van der Waals surface area contributed by atoms with Gasteiger partial charge in [-0.05, 0) is 71.2 Å². The van der Waals surface area contributed by atoms with E-state index in [4.69, 9.17) is 11.6 Å². The van der Waals surface area contributed by atoms with E-state index >= 15 is 0 Å². The molecule has 0 heterocycles. The molecule has 2 aromatic carbocycles. The summed E-state index contributed by atoms with van der Waals surface area (Å²) in [5.41, 5.74) is 2.84. The number of hydrogen-bond donors (Lipinski definition) is 1. The lowest BCUT2D eigenvalue weighted by Crippen LogP contribution is -2.52. The Kier molecular flexibility index (Phi) is 9.97. The second-order valence-electron chi connectivity index (χ2n) is 10.3. The molecule has 0 aliphatic carbocycles. The molecule has 198 valence electrons. The van der Waals surface area contributed by atoms with Gasteiger partial charge in [-0.15, -0.1) is 0 Å². The molecule has 2 aromatic rings. The number of carbonyl (C=O) groups excluding carboxylic acids is 2.